The van der Waals surface area contributed by atoms with E-state index in [1.165, 1.54) is 10.8 Å². The van der Waals surface area contributed by atoms with Crippen LogP contribution in [0.1, 0.15) is 11.3 Å². The number of nitrogens with zero attached hydrogens (tertiary/aromatic N) is 2. The van der Waals surface area contributed by atoms with Crippen molar-refractivity contribution in [1.29, 1.82) is 0 Å². The normalized spacial score (nSPS) is 10.5. The Morgan fingerprint density at radius 2 is 2.09 bits per heavy atom. The van der Waals surface area contributed by atoms with Gasteiger partial charge in [-0.25, -0.2) is 4.98 Å². The zero-order valence-corrected chi connectivity index (χ0v) is 13.7. The van der Waals surface area contributed by atoms with E-state index in [9.17, 15) is 4.79 Å². The van der Waals surface area contributed by atoms with E-state index >= 15 is 0 Å². The molecule has 6 nitrogen and oxygen atoms in total. The smallest absolute Gasteiger partial charge is 0.297 e. The number of anilines is 2. The summed E-state index contributed by atoms with van der Waals surface area (Å²) < 4.78 is 7.19. The molecule has 0 unspecified atom stereocenters. The van der Waals surface area contributed by atoms with Crippen LogP contribution in [-0.2, 0) is 6.61 Å². The predicted molar refractivity (Wildman–Crippen MR) is 87.3 cm³/mol. The number of nitrogens with one attached hydrogen (secondary N) is 1. The first kappa shape index (κ1) is 15.4. The largest absolute Gasteiger partial charge is 0.451 e. The van der Waals surface area contributed by atoms with E-state index in [2.05, 4.69) is 26.6 Å². The van der Waals surface area contributed by atoms with Crippen LogP contribution in [-0.4, -0.2) is 26.0 Å². The Morgan fingerprint density at radius 3 is 2.74 bits per heavy atom. The molecule has 2 heterocycles. The van der Waals surface area contributed by atoms with Gasteiger partial charge in [-0.2, -0.15) is 0 Å². The molecule has 2 radical (unpaired) electrons. The Balaban J connectivity index is 1.76. The van der Waals surface area contributed by atoms with Gasteiger partial charge in [0, 0.05) is 22.6 Å². The maximum atomic E-state index is 12.2. The number of aryl methyl sites for hydroxylation is 1. The zero-order chi connectivity index (χ0) is 16.2. The Hall–Kier alpha value is -2.49. The summed E-state index contributed by atoms with van der Waals surface area (Å²) in [6, 6.07) is 13.2. The van der Waals surface area contributed by atoms with Gasteiger partial charge >= 0.3 is 0 Å². The highest BCUT2D eigenvalue weighted by Gasteiger charge is 2.07. The average molecular weight is 323 g/mol. The van der Waals surface area contributed by atoms with Gasteiger partial charge in [-0.1, -0.05) is 30.3 Å². The monoisotopic (exact) mass is 323 g/mol. The van der Waals surface area contributed by atoms with Crippen molar-refractivity contribution in [3.8, 4) is 0 Å². The molecule has 0 amide bonds. The van der Waals surface area contributed by atoms with E-state index in [1.54, 1.807) is 19.2 Å². The van der Waals surface area contributed by atoms with Gasteiger partial charge < -0.3 is 14.6 Å². The highest BCUT2D eigenvalue weighted by atomic mass is 27.0. The fourth-order valence-corrected chi connectivity index (χ4v) is 2.30. The Morgan fingerprint density at radius 1 is 1.30 bits per heavy atom. The van der Waals surface area contributed by atoms with Gasteiger partial charge in [0.05, 0.1) is 5.69 Å². The quantitative estimate of drug-likeness (QED) is 0.717. The van der Waals surface area contributed by atoms with E-state index < -0.39 is 0 Å². The SMILES string of the molecule is Cc1cc(Nc2nc[c]([Al])o2)cc(=O)n1OCc1ccccc1. The van der Waals surface area contributed by atoms with E-state index in [-0.39, 0.29) is 5.56 Å². The van der Waals surface area contributed by atoms with E-state index in [0.717, 1.165) is 5.56 Å². The molecule has 0 atom stereocenters. The molecule has 0 saturated heterocycles. The maximum Gasteiger partial charge on any atom is 0.297 e. The molecule has 1 N–H and O–H groups in total. The molecular formula is C16H14AlN3O3. The molecule has 3 aromatic rings. The maximum absolute atomic E-state index is 12.2. The fraction of sp³-hybridized carbons (Fsp3) is 0.125. The number of aromatic nitrogens is 2. The molecule has 0 saturated carbocycles. The zero-order valence-electron chi connectivity index (χ0n) is 12.5. The minimum Gasteiger partial charge on any atom is -0.451 e. The summed E-state index contributed by atoms with van der Waals surface area (Å²) in [4.78, 5) is 21.8. The summed E-state index contributed by atoms with van der Waals surface area (Å²) in [5.74, 6) is 0. The van der Waals surface area contributed by atoms with Gasteiger partial charge in [0.15, 0.2) is 0 Å². The summed E-state index contributed by atoms with van der Waals surface area (Å²) in [7, 11) is 0. The highest BCUT2D eigenvalue weighted by molar-refractivity contribution is 6.29. The predicted octanol–water partition coefficient (Wildman–Crippen LogP) is 1.31. The number of pyridine rings is 1. The Labute approximate surface area is 141 Å². The summed E-state index contributed by atoms with van der Waals surface area (Å²) in [5.41, 5.74) is 2.00. The summed E-state index contributed by atoms with van der Waals surface area (Å²) >= 11 is 2.41. The second kappa shape index (κ2) is 6.73. The van der Waals surface area contributed by atoms with Crippen molar-refractivity contribution < 1.29 is 9.25 Å². The van der Waals surface area contributed by atoms with Crippen LogP contribution in [0, 0.1) is 6.92 Å². The van der Waals surface area contributed by atoms with Crippen LogP contribution >= 0.6 is 0 Å². The minimum absolute atomic E-state index is 0.263. The molecule has 0 bridgehead atoms. The number of rotatable bonds is 5. The molecule has 3 rings (SSSR count). The molecule has 2 aromatic heterocycles. The second-order valence-corrected chi connectivity index (χ2v) is 5.54. The lowest BCUT2D eigenvalue weighted by Crippen LogP contribution is -2.28. The number of benzene rings is 1. The fourth-order valence-electron chi connectivity index (χ4n) is 2.11. The molecule has 7 heteroatoms. The van der Waals surface area contributed by atoms with E-state index in [0.29, 0.717) is 28.6 Å². The van der Waals surface area contributed by atoms with Crippen LogP contribution in [0.25, 0.3) is 0 Å². The molecule has 1 aromatic carbocycles. The first-order valence-electron chi connectivity index (χ1n) is 7.01. The first-order chi connectivity index (χ1) is 11.1. The Bertz CT molecular complexity index is 859. The van der Waals surface area contributed by atoms with Gasteiger partial charge in [0.1, 0.15) is 6.61 Å². The summed E-state index contributed by atoms with van der Waals surface area (Å²) in [5, 5.41) is 2.95. The number of hydrogen-bond donors (Lipinski definition) is 1. The van der Waals surface area contributed by atoms with Crippen LogP contribution in [0.3, 0.4) is 0 Å². The van der Waals surface area contributed by atoms with Crippen molar-refractivity contribution in [1.82, 2.24) is 9.71 Å². The molecule has 0 aliphatic heterocycles. The van der Waals surface area contributed by atoms with Gasteiger partial charge in [0.25, 0.3) is 11.6 Å². The molecule has 114 valence electrons. The van der Waals surface area contributed by atoms with Crippen LogP contribution in [0.15, 0.2) is 57.9 Å². The van der Waals surface area contributed by atoms with E-state index in [1.807, 2.05) is 30.3 Å². The van der Waals surface area contributed by atoms with Gasteiger partial charge in [-0.05, 0) is 18.6 Å². The van der Waals surface area contributed by atoms with E-state index in [4.69, 9.17) is 9.25 Å². The van der Waals surface area contributed by atoms with Crippen molar-refractivity contribution in [2.45, 2.75) is 13.5 Å². The molecule has 0 aliphatic rings. The average Bonchev–Trinajstić information content (AvgIpc) is 2.92. The third-order valence-electron chi connectivity index (χ3n) is 3.14. The lowest BCUT2D eigenvalue weighted by Gasteiger charge is -2.12. The minimum atomic E-state index is -0.263. The van der Waals surface area contributed by atoms with Crippen molar-refractivity contribution in [3.05, 3.63) is 70.3 Å². The lowest BCUT2D eigenvalue weighted by atomic mass is 10.2. The first-order valence-corrected chi connectivity index (χ1v) is 7.59. The van der Waals surface area contributed by atoms with Gasteiger partial charge in [-0.15, -0.1) is 4.73 Å². The third-order valence-corrected chi connectivity index (χ3v) is 3.41. The summed E-state index contributed by atoms with van der Waals surface area (Å²) in [6.45, 7) is 2.12. The van der Waals surface area contributed by atoms with Crippen molar-refractivity contribution in [2.75, 3.05) is 5.32 Å². The number of hydrogen-bond acceptors (Lipinski definition) is 5. The van der Waals surface area contributed by atoms with Crippen molar-refractivity contribution in [2.24, 2.45) is 0 Å². The molecule has 0 aliphatic carbocycles. The molecule has 0 spiro atoms. The van der Waals surface area contributed by atoms with Crippen LogP contribution in [0.4, 0.5) is 11.7 Å². The van der Waals surface area contributed by atoms with Crippen LogP contribution in [0.2, 0.25) is 0 Å². The third kappa shape index (κ3) is 3.83. The lowest BCUT2D eigenvalue weighted by molar-refractivity contribution is 0.0847. The van der Waals surface area contributed by atoms with Crippen molar-refractivity contribution >= 4 is 32.6 Å². The molecular weight excluding hydrogens is 309 g/mol. The van der Waals surface area contributed by atoms with Gasteiger partial charge in [0.2, 0.25) is 16.3 Å². The van der Waals surface area contributed by atoms with Crippen LogP contribution in [0.5, 0.6) is 0 Å². The topological polar surface area (TPSA) is 69.3 Å². The van der Waals surface area contributed by atoms with Gasteiger partial charge in [-0.3, -0.25) is 4.79 Å². The second-order valence-electron chi connectivity index (χ2n) is 4.97. The van der Waals surface area contributed by atoms with Crippen molar-refractivity contribution in [3.63, 3.8) is 0 Å². The van der Waals surface area contributed by atoms with Crippen LogP contribution < -0.4 is 20.3 Å². The standard InChI is InChI=1S/C16H14N3O3.Al/c1-12-9-14(18-16-17-7-8-21-16)10-15(20)19(12)22-11-13-5-3-2-4-6-13;/h2-7,9-10H,11H2,1H3,(H,17,18);. The summed E-state index contributed by atoms with van der Waals surface area (Å²) in [6.07, 6.45) is 1.57. The molecule has 23 heavy (non-hydrogen) atoms. The Kier molecular flexibility index (Phi) is 4.51. The molecule has 0 fully saturated rings. The highest BCUT2D eigenvalue weighted by Crippen LogP contribution is 2.13. The number of oxazole rings is 1.